The monoisotopic (exact) mass is 414 g/mol. The Morgan fingerprint density at radius 2 is 1.65 bits per heavy atom. The van der Waals surface area contributed by atoms with Gasteiger partial charge in [-0.25, -0.2) is 0 Å². The van der Waals surface area contributed by atoms with Gasteiger partial charge in [0.2, 0.25) is 5.91 Å². The molecule has 0 aromatic heterocycles. The molecule has 1 atom stereocenters. The Labute approximate surface area is 182 Å². The molecule has 5 heteroatoms. The van der Waals surface area contributed by atoms with Crippen LogP contribution in [0.4, 0.5) is 11.4 Å². The van der Waals surface area contributed by atoms with Gasteiger partial charge in [-0.15, -0.1) is 0 Å². The first-order chi connectivity index (χ1) is 15.1. The van der Waals surface area contributed by atoms with E-state index in [-0.39, 0.29) is 17.7 Å². The highest BCUT2D eigenvalue weighted by Crippen LogP contribution is 2.38. The summed E-state index contributed by atoms with van der Waals surface area (Å²) in [5, 5.41) is 0. The van der Waals surface area contributed by atoms with Crippen LogP contribution >= 0.6 is 0 Å². The molecule has 2 amide bonds. The summed E-state index contributed by atoms with van der Waals surface area (Å²) in [7, 11) is 1.60. The fourth-order valence-corrected chi connectivity index (χ4v) is 4.18. The first kappa shape index (κ1) is 20.7. The SMILES string of the molecule is CCN(C(=O)[C@H]1CCN(C(=O)c2ccc(OC)cc2)c2ccccc21)c1ccccc1. The Morgan fingerprint density at radius 1 is 0.968 bits per heavy atom. The molecular weight excluding hydrogens is 388 g/mol. The zero-order chi connectivity index (χ0) is 21.8. The smallest absolute Gasteiger partial charge is 0.258 e. The maximum atomic E-state index is 13.5. The number of para-hydroxylation sites is 2. The number of nitrogens with zero attached hydrogens (tertiary/aromatic N) is 2. The fourth-order valence-electron chi connectivity index (χ4n) is 4.18. The van der Waals surface area contributed by atoms with Crippen molar-refractivity contribution in [2.75, 3.05) is 30.0 Å². The van der Waals surface area contributed by atoms with Crippen molar-refractivity contribution in [2.24, 2.45) is 0 Å². The van der Waals surface area contributed by atoms with E-state index in [9.17, 15) is 9.59 Å². The molecule has 0 N–H and O–H groups in total. The molecule has 0 aliphatic carbocycles. The lowest BCUT2D eigenvalue weighted by atomic mass is 9.88. The molecule has 0 spiro atoms. The zero-order valence-corrected chi connectivity index (χ0v) is 17.8. The number of methoxy groups -OCH3 is 1. The van der Waals surface area contributed by atoms with Gasteiger partial charge < -0.3 is 14.5 Å². The number of hydrogen-bond donors (Lipinski definition) is 0. The van der Waals surface area contributed by atoms with Crippen molar-refractivity contribution in [2.45, 2.75) is 19.3 Å². The van der Waals surface area contributed by atoms with E-state index in [4.69, 9.17) is 4.74 Å². The van der Waals surface area contributed by atoms with Crippen molar-refractivity contribution in [1.29, 1.82) is 0 Å². The van der Waals surface area contributed by atoms with Crippen LogP contribution in [0.1, 0.15) is 35.2 Å². The van der Waals surface area contributed by atoms with Crippen LogP contribution in [0.25, 0.3) is 0 Å². The van der Waals surface area contributed by atoms with Crippen LogP contribution in [0.3, 0.4) is 0 Å². The summed E-state index contributed by atoms with van der Waals surface area (Å²) in [5.74, 6) is 0.423. The van der Waals surface area contributed by atoms with Crippen LogP contribution in [0.15, 0.2) is 78.9 Å². The minimum atomic E-state index is -0.281. The molecule has 31 heavy (non-hydrogen) atoms. The number of ether oxygens (including phenoxy) is 1. The summed E-state index contributed by atoms with van der Waals surface area (Å²) in [5.41, 5.74) is 3.19. The van der Waals surface area contributed by atoms with Crippen molar-refractivity contribution in [1.82, 2.24) is 0 Å². The van der Waals surface area contributed by atoms with Gasteiger partial charge in [-0.2, -0.15) is 0 Å². The van der Waals surface area contributed by atoms with Crippen molar-refractivity contribution in [3.63, 3.8) is 0 Å². The summed E-state index contributed by atoms with van der Waals surface area (Å²) in [6.45, 7) is 3.07. The fraction of sp³-hybridized carbons (Fsp3) is 0.231. The van der Waals surface area contributed by atoms with E-state index >= 15 is 0 Å². The lowest BCUT2D eigenvalue weighted by Crippen LogP contribution is -2.42. The van der Waals surface area contributed by atoms with Gasteiger partial charge in [-0.1, -0.05) is 36.4 Å². The van der Waals surface area contributed by atoms with Crippen molar-refractivity contribution < 1.29 is 14.3 Å². The topological polar surface area (TPSA) is 49.9 Å². The molecular formula is C26H26N2O3. The third-order valence-electron chi connectivity index (χ3n) is 5.77. The van der Waals surface area contributed by atoms with Gasteiger partial charge in [0.1, 0.15) is 5.75 Å². The number of likely N-dealkylation sites (N-methyl/N-ethyl adjacent to an activating group) is 1. The molecule has 4 rings (SSSR count). The minimum absolute atomic E-state index is 0.0673. The summed E-state index contributed by atoms with van der Waals surface area (Å²) >= 11 is 0. The van der Waals surface area contributed by atoms with Gasteiger partial charge in [0.15, 0.2) is 0 Å². The molecule has 0 saturated heterocycles. The Morgan fingerprint density at radius 3 is 2.32 bits per heavy atom. The summed E-state index contributed by atoms with van der Waals surface area (Å²) in [6.07, 6.45) is 0.584. The minimum Gasteiger partial charge on any atom is -0.497 e. The van der Waals surface area contributed by atoms with Gasteiger partial charge in [0.05, 0.1) is 13.0 Å². The third-order valence-corrected chi connectivity index (χ3v) is 5.77. The number of rotatable bonds is 5. The second kappa shape index (κ2) is 9.04. The van der Waals surface area contributed by atoms with Crippen molar-refractivity contribution in [3.05, 3.63) is 90.0 Å². The van der Waals surface area contributed by atoms with Gasteiger partial charge in [0, 0.05) is 30.0 Å². The number of fused-ring (bicyclic) bond motifs is 1. The molecule has 1 heterocycles. The van der Waals surface area contributed by atoms with E-state index in [2.05, 4.69) is 0 Å². The second-order valence-corrected chi connectivity index (χ2v) is 7.50. The van der Waals surface area contributed by atoms with E-state index in [1.165, 1.54) is 0 Å². The average Bonchev–Trinajstić information content (AvgIpc) is 2.84. The molecule has 0 fully saturated rings. The first-order valence-electron chi connectivity index (χ1n) is 10.5. The van der Waals surface area contributed by atoms with Crippen molar-refractivity contribution >= 4 is 23.2 Å². The van der Waals surface area contributed by atoms with Gasteiger partial charge in [0.25, 0.3) is 5.91 Å². The summed E-state index contributed by atoms with van der Waals surface area (Å²) < 4.78 is 5.19. The Balaban J connectivity index is 1.64. The predicted molar refractivity (Wildman–Crippen MR) is 123 cm³/mol. The number of carbonyl (C=O) groups is 2. The quantitative estimate of drug-likeness (QED) is 0.598. The number of hydrogen-bond acceptors (Lipinski definition) is 3. The normalized spacial score (nSPS) is 15.2. The molecule has 1 aliphatic rings. The lowest BCUT2D eigenvalue weighted by Gasteiger charge is -2.36. The van der Waals surface area contributed by atoms with Crippen LogP contribution in [0.5, 0.6) is 5.75 Å². The number of carbonyl (C=O) groups excluding carboxylic acids is 2. The zero-order valence-electron chi connectivity index (χ0n) is 17.8. The standard InChI is InChI=1S/C26H26N2O3/c1-3-27(20-9-5-4-6-10-20)26(30)23-17-18-28(24-12-8-7-11-22(23)24)25(29)19-13-15-21(31-2)16-14-19/h4-16,23H,3,17-18H2,1-2H3/t23-/m0/s1. The van der Waals surface area contributed by atoms with Crippen LogP contribution in [-0.2, 0) is 4.79 Å². The van der Waals surface area contributed by atoms with Crippen LogP contribution < -0.4 is 14.5 Å². The van der Waals surface area contributed by atoms with E-state index < -0.39 is 0 Å². The van der Waals surface area contributed by atoms with Crippen LogP contribution in [-0.4, -0.2) is 32.0 Å². The lowest BCUT2D eigenvalue weighted by molar-refractivity contribution is -0.120. The Hall–Kier alpha value is -3.60. The maximum absolute atomic E-state index is 13.5. The second-order valence-electron chi connectivity index (χ2n) is 7.50. The number of amides is 2. The molecule has 0 unspecified atom stereocenters. The van der Waals surface area contributed by atoms with Gasteiger partial charge in [-0.3, -0.25) is 9.59 Å². The molecule has 158 valence electrons. The Kier molecular flexibility index (Phi) is 6.03. The summed E-state index contributed by atoms with van der Waals surface area (Å²) in [4.78, 5) is 30.4. The molecule has 0 saturated carbocycles. The highest BCUT2D eigenvalue weighted by Gasteiger charge is 2.35. The highest BCUT2D eigenvalue weighted by molar-refractivity contribution is 6.08. The van der Waals surface area contributed by atoms with Crippen LogP contribution in [0, 0.1) is 0 Å². The highest BCUT2D eigenvalue weighted by atomic mass is 16.5. The molecule has 1 aliphatic heterocycles. The van der Waals surface area contributed by atoms with Gasteiger partial charge in [-0.05, 0) is 61.4 Å². The molecule has 0 radical (unpaired) electrons. The first-order valence-corrected chi connectivity index (χ1v) is 10.5. The molecule has 5 nitrogen and oxygen atoms in total. The number of anilines is 2. The maximum Gasteiger partial charge on any atom is 0.258 e. The van der Waals surface area contributed by atoms with E-state index in [0.717, 1.165) is 16.9 Å². The largest absolute Gasteiger partial charge is 0.497 e. The van der Waals surface area contributed by atoms with E-state index in [0.29, 0.717) is 30.8 Å². The van der Waals surface area contributed by atoms with Crippen molar-refractivity contribution in [3.8, 4) is 5.75 Å². The third kappa shape index (κ3) is 4.04. The molecule has 3 aromatic carbocycles. The predicted octanol–water partition coefficient (Wildman–Crippen LogP) is 4.88. The van der Waals surface area contributed by atoms with Gasteiger partial charge >= 0.3 is 0 Å². The average molecular weight is 415 g/mol. The van der Waals surface area contributed by atoms with Crippen LogP contribution in [0.2, 0.25) is 0 Å². The Bertz CT molecular complexity index is 1060. The molecule has 0 bridgehead atoms. The summed E-state index contributed by atoms with van der Waals surface area (Å²) in [6, 6.07) is 24.6. The van der Waals surface area contributed by atoms with E-state index in [1.807, 2.05) is 66.4 Å². The number of benzene rings is 3. The van der Waals surface area contributed by atoms with E-state index in [1.54, 1.807) is 36.3 Å². The molecule has 3 aromatic rings.